The van der Waals surface area contributed by atoms with Gasteiger partial charge in [0.1, 0.15) is 11.3 Å². The Bertz CT molecular complexity index is 1120. The van der Waals surface area contributed by atoms with Crippen LogP contribution in [0.1, 0.15) is 5.56 Å². The monoisotopic (exact) mass is 491 g/mol. The Kier molecular flexibility index (Phi) is 6.13. The highest BCUT2D eigenvalue weighted by atomic mass is 79.9. The molecule has 0 saturated carbocycles. The van der Waals surface area contributed by atoms with Crippen LogP contribution in [0.15, 0.2) is 46.4 Å². The molecule has 2 aromatic rings. The van der Waals surface area contributed by atoms with Crippen molar-refractivity contribution in [1.82, 2.24) is 5.32 Å². The van der Waals surface area contributed by atoms with Gasteiger partial charge in [-0.2, -0.15) is 0 Å². The number of carbonyl (C=O) groups is 2. The van der Waals surface area contributed by atoms with Gasteiger partial charge in [-0.15, -0.1) is 0 Å². The van der Waals surface area contributed by atoms with Crippen molar-refractivity contribution >= 4 is 62.5 Å². The van der Waals surface area contributed by atoms with Gasteiger partial charge in [0.15, 0.2) is 5.11 Å². The second-order valence-corrected chi connectivity index (χ2v) is 7.26. The minimum Gasteiger partial charge on any atom is -0.496 e. The minimum atomic E-state index is -0.725. The molecule has 1 aliphatic heterocycles. The molecule has 1 heterocycles. The Hall–Kier alpha value is -3.31. The predicted molar refractivity (Wildman–Crippen MR) is 117 cm³/mol. The van der Waals surface area contributed by atoms with E-state index < -0.39 is 16.7 Å². The first kappa shape index (κ1) is 21.4. The fourth-order valence-corrected chi connectivity index (χ4v) is 3.49. The summed E-state index contributed by atoms with van der Waals surface area (Å²) in [6, 6.07) is 9.29. The molecule has 0 bridgehead atoms. The normalized spacial score (nSPS) is 15.2. The smallest absolute Gasteiger partial charge is 0.311 e. The predicted octanol–water partition coefficient (Wildman–Crippen LogP) is 3.21. The molecule has 154 valence electrons. The van der Waals surface area contributed by atoms with Crippen LogP contribution in [0.2, 0.25) is 0 Å². The number of amides is 2. The van der Waals surface area contributed by atoms with Gasteiger partial charge >= 0.3 is 5.69 Å². The largest absolute Gasteiger partial charge is 0.496 e. The van der Waals surface area contributed by atoms with Crippen molar-refractivity contribution in [1.29, 1.82) is 0 Å². The molecule has 0 aromatic heterocycles. The molecule has 9 nitrogen and oxygen atoms in total. The molecule has 0 atom stereocenters. The molecule has 3 rings (SSSR count). The number of hydrogen-bond acceptors (Lipinski definition) is 7. The number of ether oxygens (including phenoxy) is 2. The third-order valence-corrected chi connectivity index (χ3v) is 4.97. The number of nitro groups is 1. The van der Waals surface area contributed by atoms with Crippen LogP contribution in [0.4, 0.5) is 11.4 Å². The highest BCUT2D eigenvalue weighted by Gasteiger charge is 2.35. The van der Waals surface area contributed by atoms with E-state index in [4.69, 9.17) is 21.7 Å². The zero-order valence-corrected chi connectivity index (χ0v) is 18.1. The molecule has 2 amide bonds. The second-order valence-electron chi connectivity index (χ2n) is 5.96. The Morgan fingerprint density at radius 1 is 1.17 bits per heavy atom. The first-order valence-electron chi connectivity index (χ1n) is 8.34. The first-order chi connectivity index (χ1) is 14.3. The third-order valence-electron chi connectivity index (χ3n) is 4.20. The van der Waals surface area contributed by atoms with E-state index in [9.17, 15) is 19.7 Å². The summed E-state index contributed by atoms with van der Waals surface area (Å²) in [5, 5.41) is 13.7. The molecule has 30 heavy (non-hydrogen) atoms. The number of carbonyl (C=O) groups excluding carboxylic acids is 2. The van der Waals surface area contributed by atoms with Crippen LogP contribution >= 0.6 is 28.1 Å². The van der Waals surface area contributed by atoms with Crippen LogP contribution < -0.4 is 19.7 Å². The van der Waals surface area contributed by atoms with Crippen molar-refractivity contribution in [3.05, 3.63) is 62.1 Å². The molecule has 1 N–H and O–H groups in total. The second kappa shape index (κ2) is 8.59. The lowest BCUT2D eigenvalue weighted by Gasteiger charge is -2.29. The number of anilines is 1. The van der Waals surface area contributed by atoms with Gasteiger partial charge in [0.25, 0.3) is 11.8 Å². The molecular weight excluding hydrogens is 478 g/mol. The van der Waals surface area contributed by atoms with E-state index in [0.717, 1.165) is 4.90 Å². The molecule has 1 fully saturated rings. The summed E-state index contributed by atoms with van der Waals surface area (Å²) in [4.78, 5) is 37.5. The number of nitro benzene ring substituents is 1. The van der Waals surface area contributed by atoms with Crippen LogP contribution in [0, 0.1) is 10.1 Å². The zero-order chi connectivity index (χ0) is 22.0. The summed E-state index contributed by atoms with van der Waals surface area (Å²) in [7, 11) is 2.64. The number of rotatable bonds is 5. The van der Waals surface area contributed by atoms with Crippen molar-refractivity contribution in [3.8, 4) is 11.5 Å². The molecule has 0 aliphatic carbocycles. The van der Waals surface area contributed by atoms with Crippen LogP contribution in [0.25, 0.3) is 6.08 Å². The Morgan fingerprint density at radius 3 is 2.47 bits per heavy atom. The Balaban J connectivity index is 2.13. The van der Waals surface area contributed by atoms with E-state index in [1.807, 2.05) is 0 Å². The SMILES string of the molecule is COc1cc(OC)c([N+](=O)[O-])cc1/C=C1\C(=O)NC(=S)N(c2cccc(Br)c2)C1=O. The van der Waals surface area contributed by atoms with Gasteiger partial charge in [0, 0.05) is 22.2 Å². The lowest BCUT2D eigenvalue weighted by molar-refractivity contribution is -0.385. The average molecular weight is 492 g/mol. The van der Waals surface area contributed by atoms with Crippen molar-refractivity contribution in [2.45, 2.75) is 0 Å². The Labute approximate surface area is 184 Å². The quantitative estimate of drug-likeness (QED) is 0.224. The summed E-state index contributed by atoms with van der Waals surface area (Å²) >= 11 is 8.49. The fourth-order valence-electron chi connectivity index (χ4n) is 2.82. The lowest BCUT2D eigenvalue weighted by Crippen LogP contribution is -2.54. The van der Waals surface area contributed by atoms with E-state index in [-0.39, 0.29) is 33.4 Å². The molecule has 1 aliphatic rings. The number of methoxy groups -OCH3 is 2. The van der Waals surface area contributed by atoms with Gasteiger partial charge < -0.3 is 9.47 Å². The van der Waals surface area contributed by atoms with Gasteiger partial charge in [-0.25, -0.2) is 0 Å². The summed E-state index contributed by atoms with van der Waals surface area (Å²) in [6.45, 7) is 0. The Morgan fingerprint density at radius 2 is 1.87 bits per heavy atom. The summed E-state index contributed by atoms with van der Waals surface area (Å²) in [5.74, 6) is -1.23. The maximum atomic E-state index is 13.1. The van der Waals surface area contributed by atoms with E-state index in [1.54, 1.807) is 24.3 Å². The van der Waals surface area contributed by atoms with Gasteiger partial charge in [-0.1, -0.05) is 22.0 Å². The summed E-state index contributed by atoms with van der Waals surface area (Å²) < 4.78 is 11.0. The standard InChI is InChI=1S/C19H14BrN3O6S/c1-28-15-9-16(29-2)14(23(26)27)7-10(15)6-13-17(24)21-19(30)22(18(13)25)12-5-3-4-11(20)8-12/h3-9H,1-2H3,(H,21,24,30)/b13-6+. The number of thiocarbonyl (C=S) groups is 1. The molecule has 1 saturated heterocycles. The topological polar surface area (TPSA) is 111 Å². The van der Waals surface area contributed by atoms with Gasteiger partial charge in [-0.05, 0) is 36.5 Å². The third kappa shape index (κ3) is 4.02. The molecule has 11 heteroatoms. The van der Waals surface area contributed by atoms with E-state index in [2.05, 4.69) is 21.2 Å². The highest BCUT2D eigenvalue weighted by molar-refractivity contribution is 9.10. The average Bonchev–Trinajstić information content (AvgIpc) is 2.70. The van der Waals surface area contributed by atoms with Crippen molar-refractivity contribution < 1.29 is 24.0 Å². The first-order valence-corrected chi connectivity index (χ1v) is 9.54. The van der Waals surface area contributed by atoms with Crippen LogP contribution in [-0.2, 0) is 9.59 Å². The summed E-state index contributed by atoms with van der Waals surface area (Å²) in [6.07, 6.45) is 1.22. The maximum absolute atomic E-state index is 13.1. The highest BCUT2D eigenvalue weighted by Crippen LogP contribution is 2.36. The molecule has 0 radical (unpaired) electrons. The van der Waals surface area contributed by atoms with Gasteiger partial charge in [0.2, 0.25) is 5.75 Å². The van der Waals surface area contributed by atoms with Crippen molar-refractivity contribution in [2.24, 2.45) is 0 Å². The summed E-state index contributed by atoms with van der Waals surface area (Å²) in [5.41, 5.74) is -0.00186. The maximum Gasteiger partial charge on any atom is 0.311 e. The fraction of sp³-hybridized carbons (Fsp3) is 0.105. The number of nitrogens with one attached hydrogen (secondary N) is 1. The molecular formula is C19H14BrN3O6S. The van der Waals surface area contributed by atoms with E-state index in [1.165, 1.54) is 32.4 Å². The number of halogens is 1. The lowest BCUT2D eigenvalue weighted by atomic mass is 10.0. The minimum absolute atomic E-state index is 0.0182. The molecule has 0 spiro atoms. The van der Waals surface area contributed by atoms with Gasteiger partial charge in [-0.3, -0.25) is 29.9 Å². The van der Waals surface area contributed by atoms with Crippen molar-refractivity contribution in [3.63, 3.8) is 0 Å². The van der Waals surface area contributed by atoms with Crippen LogP contribution in [0.5, 0.6) is 11.5 Å². The molecule has 2 aromatic carbocycles. The number of nitrogens with zero attached hydrogens (tertiary/aromatic N) is 2. The van der Waals surface area contributed by atoms with Crippen LogP contribution in [0.3, 0.4) is 0 Å². The zero-order valence-electron chi connectivity index (χ0n) is 15.7. The van der Waals surface area contributed by atoms with Crippen molar-refractivity contribution in [2.75, 3.05) is 19.1 Å². The number of hydrogen-bond donors (Lipinski definition) is 1. The number of benzene rings is 2. The molecule has 0 unspecified atom stereocenters. The van der Waals surface area contributed by atoms with Gasteiger partial charge in [0.05, 0.1) is 24.8 Å². The van der Waals surface area contributed by atoms with E-state index >= 15 is 0 Å². The van der Waals surface area contributed by atoms with E-state index in [0.29, 0.717) is 10.2 Å². The van der Waals surface area contributed by atoms with Crippen LogP contribution in [-0.4, -0.2) is 36.1 Å².